The fourth-order valence-electron chi connectivity index (χ4n) is 4.62. The molecule has 0 bridgehead atoms. The first-order chi connectivity index (χ1) is 15.1. The van der Waals surface area contributed by atoms with Gasteiger partial charge in [-0.3, -0.25) is 9.69 Å². The summed E-state index contributed by atoms with van der Waals surface area (Å²) in [6.45, 7) is 9.88. The lowest BCUT2D eigenvalue weighted by molar-refractivity contribution is -0.125. The van der Waals surface area contributed by atoms with Gasteiger partial charge in [0.2, 0.25) is 11.9 Å². The average molecular weight is 422 g/mol. The average Bonchev–Trinajstić information content (AvgIpc) is 2.80. The number of nitrogens with one attached hydrogen (secondary N) is 1. The molecule has 2 aliphatic rings. The summed E-state index contributed by atoms with van der Waals surface area (Å²) in [5.41, 5.74) is 3.68. The molecule has 0 aliphatic carbocycles. The number of carbonyl (C=O) groups excluding carboxylic acids is 1. The standard InChI is InChI=1S/C25H35N5O/c1-19-3-5-22(6-4-19)18-29-13-8-21(9-14-29)17-27-24(31)23-10-15-30(16-11-23)25-26-12-7-20(2)28-25/h3-7,12,21,23H,8-11,13-18H2,1-2H3,(H,27,31). The van der Waals surface area contributed by atoms with Crippen molar-refractivity contribution in [3.05, 3.63) is 53.3 Å². The second-order valence-corrected chi connectivity index (χ2v) is 9.21. The minimum atomic E-state index is 0.114. The van der Waals surface area contributed by atoms with Crippen molar-refractivity contribution >= 4 is 11.9 Å². The van der Waals surface area contributed by atoms with Crippen LogP contribution in [0.3, 0.4) is 0 Å². The van der Waals surface area contributed by atoms with Crippen molar-refractivity contribution < 1.29 is 4.79 Å². The summed E-state index contributed by atoms with van der Waals surface area (Å²) in [6, 6.07) is 10.8. The van der Waals surface area contributed by atoms with E-state index in [2.05, 4.69) is 56.3 Å². The van der Waals surface area contributed by atoms with Crippen LogP contribution in [0.5, 0.6) is 0 Å². The number of carbonyl (C=O) groups is 1. The molecule has 0 atom stereocenters. The first kappa shape index (κ1) is 21.8. The number of amides is 1. The van der Waals surface area contributed by atoms with Crippen molar-refractivity contribution in [2.24, 2.45) is 11.8 Å². The molecule has 1 N–H and O–H groups in total. The van der Waals surface area contributed by atoms with Crippen molar-refractivity contribution in [2.45, 2.75) is 46.1 Å². The van der Waals surface area contributed by atoms with Crippen molar-refractivity contribution in [3.8, 4) is 0 Å². The Morgan fingerprint density at radius 2 is 1.71 bits per heavy atom. The summed E-state index contributed by atoms with van der Waals surface area (Å²) in [7, 11) is 0. The molecule has 166 valence electrons. The third-order valence-corrected chi connectivity index (χ3v) is 6.73. The first-order valence-electron chi connectivity index (χ1n) is 11.7. The van der Waals surface area contributed by atoms with Crippen LogP contribution in [0.4, 0.5) is 5.95 Å². The van der Waals surface area contributed by atoms with Crippen molar-refractivity contribution in [3.63, 3.8) is 0 Å². The zero-order valence-corrected chi connectivity index (χ0v) is 18.9. The number of nitrogens with zero attached hydrogens (tertiary/aromatic N) is 4. The van der Waals surface area contributed by atoms with Gasteiger partial charge in [-0.25, -0.2) is 9.97 Å². The highest BCUT2D eigenvalue weighted by Crippen LogP contribution is 2.22. The molecule has 4 rings (SSSR count). The molecule has 0 spiro atoms. The Balaban J connectivity index is 1.15. The molecule has 0 unspecified atom stereocenters. The second kappa shape index (κ2) is 10.2. The van der Waals surface area contributed by atoms with Gasteiger partial charge >= 0.3 is 0 Å². The smallest absolute Gasteiger partial charge is 0.225 e. The number of hydrogen-bond donors (Lipinski definition) is 1. The topological polar surface area (TPSA) is 61.4 Å². The van der Waals surface area contributed by atoms with Crippen LogP contribution in [0.2, 0.25) is 0 Å². The molecule has 31 heavy (non-hydrogen) atoms. The molecule has 2 aromatic rings. The lowest BCUT2D eigenvalue weighted by atomic mass is 9.94. The van der Waals surface area contributed by atoms with E-state index in [0.29, 0.717) is 5.92 Å². The Bertz CT molecular complexity index is 852. The fraction of sp³-hybridized carbons (Fsp3) is 0.560. The van der Waals surface area contributed by atoms with E-state index in [4.69, 9.17) is 0 Å². The van der Waals surface area contributed by atoms with Gasteiger partial charge in [-0.05, 0) is 70.2 Å². The van der Waals surface area contributed by atoms with Gasteiger partial charge in [0.25, 0.3) is 0 Å². The van der Waals surface area contributed by atoms with Gasteiger partial charge in [0, 0.05) is 44.0 Å². The maximum absolute atomic E-state index is 12.7. The zero-order chi connectivity index (χ0) is 21.6. The van der Waals surface area contributed by atoms with Crippen LogP contribution in [0.1, 0.15) is 42.5 Å². The Kier molecular flexibility index (Phi) is 7.17. The third-order valence-electron chi connectivity index (χ3n) is 6.73. The molecule has 3 heterocycles. The molecule has 2 fully saturated rings. The maximum atomic E-state index is 12.7. The van der Waals surface area contributed by atoms with Crippen LogP contribution in [-0.2, 0) is 11.3 Å². The second-order valence-electron chi connectivity index (χ2n) is 9.21. The Labute approximate surface area is 186 Å². The number of benzene rings is 1. The normalized spacial score (nSPS) is 18.8. The molecule has 0 saturated carbocycles. The molecular weight excluding hydrogens is 386 g/mol. The monoisotopic (exact) mass is 421 g/mol. The van der Waals surface area contributed by atoms with E-state index in [1.54, 1.807) is 0 Å². The molecule has 2 aliphatic heterocycles. The molecule has 0 radical (unpaired) electrons. The van der Waals surface area contributed by atoms with Gasteiger partial charge in [0.1, 0.15) is 0 Å². The summed E-state index contributed by atoms with van der Waals surface area (Å²) in [5.74, 6) is 1.73. The van der Waals surface area contributed by atoms with Crippen LogP contribution in [0.25, 0.3) is 0 Å². The quantitative estimate of drug-likeness (QED) is 0.775. The Morgan fingerprint density at radius 1 is 1.00 bits per heavy atom. The van der Waals surface area contributed by atoms with E-state index in [-0.39, 0.29) is 11.8 Å². The van der Waals surface area contributed by atoms with Gasteiger partial charge in [0.05, 0.1) is 0 Å². The predicted octanol–water partition coefficient (Wildman–Crippen LogP) is 3.34. The van der Waals surface area contributed by atoms with Crippen molar-refractivity contribution in [1.29, 1.82) is 0 Å². The first-order valence-corrected chi connectivity index (χ1v) is 11.7. The van der Waals surface area contributed by atoms with E-state index >= 15 is 0 Å². The number of rotatable bonds is 6. The Hall–Kier alpha value is -2.47. The van der Waals surface area contributed by atoms with Crippen LogP contribution in [0.15, 0.2) is 36.5 Å². The largest absolute Gasteiger partial charge is 0.356 e. The van der Waals surface area contributed by atoms with E-state index in [1.807, 2.05) is 19.2 Å². The summed E-state index contributed by atoms with van der Waals surface area (Å²) < 4.78 is 0. The fourth-order valence-corrected chi connectivity index (χ4v) is 4.62. The summed E-state index contributed by atoms with van der Waals surface area (Å²) >= 11 is 0. The number of hydrogen-bond acceptors (Lipinski definition) is 5. The van der Waals surface area contributed by atoms with Crippen molar-refractivity contribution in [1.82, 2.24) is 20.2 Å². The molecular formula is C25H35N5O. The van der Waals surface area contributed by atoms with Crippen LogP contribution < -0.4 is 10.2 Å². The lowest BCUT2D eigenvalue weighted by Gasteiger charge is -2.33. The molecule has 1 aromatic carbocycles. The molecule has 6 nitrogen and oxygen atoms in total. The Morgan fingerprint density at radius 3 is 2.39 bits per heavy atom. The number of aryl methyl sites for hydroxylation is 2. The van der Waals surface area contributed by atoms with Crippen LogP contribution in [-0.4, -0.2) is 53.5 Å². The minimum Gasteiger partial charge on any atom is -0.356 e. The summed E-state index contributed by atoms with van der Waals surface area (Å²) in [6.07, 6.45) is 5.88. The highest BCUT2D eigenvalue weighted by molar-refractivity contribution is 5.78. The molecule has 6 heteroatoms. The van der Waals surface area contributed by atoms with Gasteiger partial charge in [-0.2, -0.15) is 0 Å². The third kappa shape index (κ3) is 6.03. The highest BCUT2D eigenvalue weighted by atomic mass is 16.1. The zero-order valence-electron chi connectivity index (χ0n) is 18.9. The number of anilines is 1. The number of likely N-dealkylation sites (tertiary alicyclic amines) is 1. The summed E-state index contributed by atoms with van der Waals surface area (Å²) in [4.78, 5) is 26.3. The molecule has 2 saturated heterocycles. The van der Waals surface area contributed by atoms with E-state index in [1.165, 1.54) is 11.1 Å². The van der Waals surface area contributed by atoms with E-state index in [9.17, 15) is 4.79 Å². The highest BCUT2D eigenvalue weighted by Gasteiger charge is 2.27. The molecule has 1 amide bonds. The van der Waals surface area contributed by atoms with Gasteiger partial charge in [-0.15, -0.1) is 0 Å². The molecule has 1 aromatic heterocycles. The minimum absolute atomic E-state index is 0.114. The van der Waals surface area contributed by atoms with Crippen LogP contribution >= 0.6 is 0 Å². The number of aromatic nitrogens is 2. The van der Waals surface area contributed by atoms with Crippen LogP contribution in [0, 0.1) is 25.7 Å². The maximum Gasteiger partial charge on any atom is 0.225 e. The SMILES string of the molecule is Cc1ccc(CN2CCC(CNC(=O)C3CCN(c4nccc(C)n4)CC3)CC2)cc1. The van der Waals surface area contributed by atoms with Gasteiger partial charge < -0.3 is 10.2 Å². The van der Waals surface area contributed by atoms with Crippen molar-refractivity contribution in [2.75, 3.05) is 37.6 Å². The predicted molar refractivity (Wildman–Crippen MR) is 124 cm³/mol. The lowest BCUT2D eigenvalue weighted by Crippen LogP contribution is -2.43. The summed E-state index contributed by atoms with van der Waals surface area (Å²) in [5, 5.41) is 3.25. The van der Waals surface area contributed by atoms with Gasteiger partial charge in [-0.1, -0.05) is 29.8 Å². The van der Waals surface area contributed by atoms with E-state index < -0.39 is 0 Å². The van der Waals surface area contributed by atoms with E-state index in [0.717, 1.165) is 76.6 Å². The number of piperidine rings is 2. The van der Waals surface area contributed by atoms with Gasteiger partial charge in [0.15, 0.2) is 0 Å².